The van der Waals surface area contributed by atoms with Crippen LogP contribution in [0.3, 0.4) is 0 Å². The van der Waals surface area contributed by atoms with E-state index in [1.807, 2.05) is 0 Å². The van der Waals surface area contributed by atoms with Crippen LogP contribution in [0.1, 0.15) is 46.0 Å². The summed E-state index contributed by atoms with van der Waals surface area (Å²) >= 11 is 0. The molecule has 3 saturated carbocycles. The minimum absolute atomic E-state index is 0.0341. The van der Waals surface area contributed by atoms with Crippen molar-refractivity contribution in [1.82, 2.24) is 16.0 Å². The van der Waals surface area contributed by atoms with Crippen LogP contribution in [0.25, 0.3) is 0 Å². The third-order valence-corrected chi connectivity index (χ3v) is 6.08. The molecule has 0 radical (unpaired) electrons. The average molecular weight is 307 g/mol. The van der Waals surface area contributed by atoms with Crippen molar-refractivity contribution in [1.29, 1.82) is 0 Å². The summed E-state index contributed by atoms with van der Waals surface area (Å²) in [7, 11) is 0. The molecule has 0 aromatic rings. The molecule has 4 amide bonds. The predicted octanol–water partition coefficient (Wildman–Crippen LogP) is 1.16. The van der Waals surface area contributed by atoms with Gasteiger partial charge in [0, 0.05) is 13.0 Å². The van der Waals surface area contributed by atoms with Crippen molar-refractivity contribution >= 4 is 17.8 Å². The van der Waals surface area contributed by atoms with Gasteiger partial charge in [0.15, 0.2) is 0 Å². The molecule has 6 nitrogen and oxygen atoms in total. The zero-order chi connectivity index (χ0) is 15.9. The molecule has 22 heavy (non-hydrogen) atoms. The normalized spacial score (nSPS) is 35.4. The van der Waals surface area contributed by atoms with Gasteiger partial charge in [-0.05, 0) is 48.9 Å². The second kappa shape index (κ2) is 5.56. The number of hydrogen-bond acceptors (Lipinski definition) is 3. The fourth-order valence-corrected chi connectivity index (χ4v) is 4.48. The SMILES string of the molecule is CC1(C)C2CCC(CNC(=O)CCC3NC(=O)NC3=O)C1C2. The smallest absolute Gasteiger partial charge is 0.322 e. The van der Waals surface area contributed by atoms with Crippen LogP contribution in [0.2, 0.25) is 0 Å². The molecule has 4 unspecified atom stereocenters. The first-order chi connectivity index (χ1) is 10.4. The molecule has 1 aliphatic heterocycles. The Morgan fingerprint density at radius 2 is 2.09 bits per heavy atom. The molecule has 3 aliphatic carbocycles. The van der Waals surface area contributed by atoms with E-state index in [1.54, 1.807) is 0 Å². The number of nitrogens with one attached hydrogen (secondary N) is 3. The average Bonchev–Trinajstić information content (AvgIpc) is 2.80. The van der Waals surface area contributed by atoms with Crippen LogP contribution in [-0.2, 0) is 9.59 Å². The number of amides is 4. The highest BCUT2D eigenvalue weighted by molar-refractivity contribution is 6.04. The van der Waals surface area contributed by atoms with E-state index in [2.05, 4.69) is 29.8 Å². The van der Waals surface area contributed by atoms with E-state index in [0.29, 0.717) is 17.8 Å². The molecular weight excluding hydrogens is 282 g/mol. The predicted molar refractivity (Wildman–Crippen MR) is 80.8 cm³/mol. The molecule has 4 aliphatic rings. The number of imide groups is 1. The summed E-state index contributed by atoms with van der Waals surface area (Å²) in [5, 5.41) is 7.69. The van der Waals surface area contributed by atoms with Crippen molar-refractivity contribution in [3.63, 3.8) is 0 Å². The van der Waals surface area contributed by atoms with E-state index in [-0.39, 0.29) is 18.2 Å². The molecule has 3 N–H and O–H groups in total. The summed E-state index contributed by atoms with van der Waals surface area (Å²) < 4.78 is 0. The van der Waals surface area contributed by atoms with E-state index in [0.717, 1.165) is 18.4 Å². The Hall–Kier alpha value is -1.59. The second-order valence-corrected chi connectivity index (χ2v) is 7.56. The minimum Gasteiger partial charge on any atom is -0.356 e. The molecule has 0 aromatic carbocycles. The van der Waals surface area contributed by atoms with Gasteiger partial charge in [-0.2, -0.15) is 0 Å². The Kier molecular flexibility index (Phi) is 3.87. The zero-order valence-electron chi connectivity index (χ0n) is 13.3. The summed E-state index contributed by atoms with van der Waals surface area (Å²) in [6.45, 7) is 5.44. The van der Waals surface area contributed by atoms with E-state index in [9.17, 15) is 14.4 Å². The van der Waals surface area contributed by atoms with Gasteiger partial charge in [0.1, 0.15) is 6.04 Å². The molecule has 1 heterocycles. The van der Waals surface area contributed by atoms with Gasteiger partial charge in [0.05, 0.1) is 0 Å². The van der Waals surface area contributed by atoms with Crippen LogP contribution < -0.4 is 16.0 Å². The molecule has 2 bridgehead atoms. The molecule has 122 valence electrons. The summed E-state index contributed by atoms with van der Waals surface area (Å²) in [5.41, 5.74) is 0.430. The highest BCUT2D eigenvalue weighted by Crippen LogP contribution is 2.61. The standard InChI is InChI=1S/C16H25N3O3/c1-16(2)10-4-3-9(11(16)7-10)8-17-13(20)6-5-12-14(21)19-15(22)18-12/h9-12H,3-8H2,1-2H3,(H,17,20)(H2,18,19,21,22). The molecule has 0 spiro atoms. The van der Waals surface area contributed by atoms with Gasteiger partial charge in [-0.25, -0.2) is 4.79 Å². The maximum atomic E-state index is 12.0. The van der Waals surface area contributed by atoms with Crippen LogP contribution in [0.4, 0.5) is 4.79 Å². The van der Waals surface area contributed by atoms with Crippen molar-refractivity contribution in [2.24, 2.45) is 23.2 Å². The number of hydrogen-bond donors (Lipinski definition) is 3. The fraction of sp³-hybridized carbons (Fsp3) is 0.812. The maximum Gasteiger partial charge on any atom is 0.322 e. The van der Waals surface area contributed by atoms with Crippen molar-refractivity contribution in [3.05, 3.63) is 0 Å². The first kappa shape index (κ1) is 15.3. The first-order valence-corrected chi connectivity index (χ1v) is 8.26. The van der Waals surface area contributed by atoms with Gasteiger partial charge >= 0.3 is 6.03 Å². The summed E-state index contributed by atoms with van der Waals surface area (Å²) in [4.78, 5) is 34.4. The highest BCUT2D eigenvalue weighted by atomic mass is 16.2. The summed E-state index contributed by atoms with van der Waals surface area (Å²) in [6, 6.07) is -1.04. The number of carbonyl (C=O) groups excluding carboxylic acids is 3. The molecule has 6 heteroatoms. The Morgan fingerprint density at radius 1 is 1.32 bits per heavy atom. The fourth-order valence-electron chi connectivity index (χ4n) is 4.48. The zero-order valence-corrected chi connectivity index (χ0v) is 13.3. The largest absolute Gasteiger partial charge is 0.356 e. The first-order valence-electron chi connectivity index (χ1n) is 8.26. The van der Waals surface area contributed by atoms with Gasteiger partial charge in [-0.1, -0.05) is 13.8 Å². The van der Waals surface area contributed by atoms with Crippen LogP contribution in [-0.4, -0.2) is 30.4 Å². The van der Waals surface area contributed by atoms with Crippen LogP contribution in [0.15, 0.2) is 0 Å². The molecule has 4 fully saturated rings. The lowest BCUT2D eigenvalue weighted by Crippen LogP contribution is -2.54. The van der Waals surface area contributed by atoms with E-state index in [1.165, 1.54) is 19.3 Å². The Labute approximate surface area is 130 Å². The third kappa shape index (κ3) is 2.71. The summed E-state index contributed by atoms with van der Waals surface area (Å²) in [5.74, 6) is 1.80. The van der Waals surface area contributed by atoms with Crippen molar-refractivity contribution in [2.75, 3.05) is 6.54 Å². The van der Waals surface area contributed by atoms with Crippen LogP contribution >= 0.6 is 0 Å². The molecule has 0 aromatic heterocycles. The topological polar surface area (TPSA) is 87.3 Å². The van der Waals surface area contributed by atoms with Gasteiger partial charge in [0.25, 0.3) is 5.91 Å². The lowest BCUT2D eigenvalue weighted by Gasteiger charge is -2.60. The van der Waals surface area contributed by atoms with Crippen LogP contribution in [0, 0.1) is 23.2 Å². The van der Waals surface area contributed by atoms with Gasteiger partial charge in [-0.15, -0.1) is 0 Å². The third-order valence-electron chi connectivity index (χ3n) is 6.08. The monoisotopic (exact) mass is 307 g/mol. The number of carbonyl (C=O) groups is 3. The van der Waals surface area contributed by atoms with E-state index in [4.69, 9.17) is 0 Å². The second-order valence-electron chi connectivity index (χ2n) is 7.56. The summed E-state index contributed by atoms with van der Waals surface area (Å²) in [6.07, 6.45) is 4.41. The lowest BCUT2D eigenvalue weighted by atomic mass is 9.45. The Balaban J connectivity index is 1.39. The number of urea groups is 1. The van der Waals surface area contributed by atoms with Gasteiger partial charge < -0.3 is 10.6 Å². The maximum absolute atomic E-state index is 12.0. The molecule has 4 atom stereocenters. The van der Waals surface area contributed by atoms with Crippen LogP contribution in [0.5, 0.6) is 0 Å². The highest BCUT2D eigenvalue weighted by Gasteiger charge is 2.53. The van der Waals surface area contributed by atoms with E-state index < -0.39 is 12.1 Å². The quantitative estimate of drug-likeness (QED) is 0.666. The van der Waals surface area contributed by atoms with Gasteiger partial charge in [0.2, 0.25) is 5.91 Å². The molecule has 1 saturated heterocycles. The molecule has 4 rings (SSSR count). The van der Waals surface area contributed by atoms with Gasteiger partial charge in [-0.3, -0.25) is 14.9 Å². The number of fused-ring (bicyclic) bond motifs is 2. The van der Waals surface area contributed by atoms with Crippen molar-refractivity contribution in [3.8, 4) is 0 Å². The van der Waals surface area contributed by atoms with E-state index >= 15 is 0 Å². The number of rotatable bonds is 5. The molecular formula is C16H25N3O3. The Morgan fingerprint density at radius 3 is 2.68 bits per heavy atom. The van der Waals surface area contributed by atoms with Crippen molar-refractivity contribution < 1.29 is 14.4 Å². The van der Waals surface area contributed by atoms with Crippen molar-refractivity contribution in [2.45, 2.75) is 52.0 Å². The lowest BCUT2D eigenvalue weighted by molar-refractivity contribution is -0.125. The Bertz CT molecular complexity index is 501. The minimum atomic E-state index is -0.570.